The topological polar surface area (TPSA) is 63.2 Å². The first-order valence-electron chi connectivity index (χ1n) is 7.09. The number of hydrogen-bond acceptors (Lipinski definition) is 5. The van der Waals surface area contributed by atoms with Crippen LogP contribution < -0.4 is 15.4 Å². The highest BCUT2D eigenvalue weighted by Crippen LogP contribution is 2.31. The Morgan fingerprint density at radius 3 is 3.00 bits per heavy atom. The van der Waals surface area contributed by atoms with Crippen LogP contribution in [0.25, 0.3) is 10.2 Å². The second kappa shape index (κ2) is 6.32. The minimum Gasteiger partial charge on any atom is -0.406 e. The zero-order chi connectivity index (χ0) is 16.4. The van der Waals surface area contributed by atoms with Gasteiger partial charge < -0.3 is 15.4 Å². The van der Waals surface area contributed by atoms with Crippen LogP contribution in [0.2, 0.25) is 0 Å². The van der Waals surface area contributed by atoms with Crippen molar-refractivity contribution in [1.82, 2.24) is 10.3 Å². The summed E-state index contributed by atoms with van der Waals surface area (Å²) in [5, 5.41) is 6.29. The highest BCUT2D eigenvalue weighted by atomic mass is 32.1. The molecule has 1 saturated heterocycles. The molecule has 1 atom stereocenters. The van der Waals surface area contributed by atoms with Gasteiger partial charge in [-0.2, -0.15) is 0 Å². The van der Waals surface area contributed by atoms with Crippen LogP contribution in [0.4, 0.5) is 18.3 Å². The predicted octanol–water partition coefficient (Wildman–Crippen LogP) is 3.28. The molecule has 1 fully saturated rings. The van der Waals surface area contributed by atoms with Crippen LogP contribution in [0.1, 0.15) is 19.3 Å². The zero-order valence-electron chi connectivity index (χ0n) is 11.9. The van der Waals surface area contributed by atoms with Gasteiger partial charge in [0.15, 0.2) is 5.13 Å². The summed E-state index contributed by atoms with van der Waals surface area (Å²) in [7, 11) is 0. The summed E-state index contributed by atoms with van der Waals surface area (Å²) >= 11 is 1.11. The molecule has 1 aromatic heterocycles. The molecule has 2 N–H and O–H groups in total. The van der Waals surface area contributed by atoms with E-state index < -0.39 is 6.36 Å². The van der Waals surface area contributed by atoms with Gasteiger partial charge in [-0.3, -0.25) is 4.79 Å². The molecule has 0 radical (unpaired) electrons. The third-order valence-electron chi connectivity index (χ3n) is 3.43. The number of amides is 1. The van der Waals surface area contributed by atoms with Crippen molar-refractivity contribution < 1.29 is 22.7 Å². The quantitative estimate of drug-likeness (QED) is 0.893. The number of thiazole rings is 1. The smallest absolute Gasteiger partial charge is 0.406 e. The molecule has 0 unspecified atom stereocenters. The number of benzene rings is 1. The molecule has 5 nitrogen and oxygen atoms in total. The van der Waals surface area contributed by atoms with Gasteiger partial charge in [0.2, 0.25) is 5.91 Å². The minimum absolute atomic E-state index is 0.157. The number of carbonyl (C=O) groups is 1. The molecule has 0 bridgehead atoms. The Morgan fingerprint density at radius 2 is 2.30 bits per heavy atom. The first kappa shape index (κ1) is 16.0. The molecule has 1 aromatic carbocycles. The Labute approximate surface area is 133 Å². The normalized spacial score (nSPS) is 18.3. The van der Waals surface area contributed by atoms with E-state index in [1.165, 1.54) is 18.2 Å². The average Bonchev–Trinajstić information content (AvgIpc) is 3.05. The van der Waals surface area contributed by atoms with Crippen LogP contribution in [-0.2, 0) is 4.79 Å². The Kier molecular flexibility index (Phi) is 4.40. The number of nitrogens with zero attached hydrogens (tertiary/aromatic N) is 1. The Balaban J connectivity index is 1.68. The van der Waals surface area contributed by atoms with Crippen LogP contribution in [0.5, 0.6) is 5.75 Å². The molecule has 2 heterocycles. The number of alkyl halides is 3. The van der Waals surface area contributed by atoms with E-state index in [9.17, 15) is 18.0 Å². The molecule has 3 rings (SSSR count). The summed E-state index contributed by atoms with van der Waals surface area (Å²) in [5.41, 5.74) is 0.513. The highest BCUT2D eigenvalue weighted by molar-refractivity contribution is 7.22. The summed E-state index contributed by atoms with van der Waals surface area (Å²) in [6.07, 6.45) is -2.35. The van der Waals surface area contributed by atoms with Gasteiger partial charge in [0.1, 0.15) is 5.75 Å². The van der Waals surface area contributed by atoms with E-state index in [4.69, 9.17) is 0 Å². The average molecular weight is 345 g/mol. The van der Waals surface area contributed by atoms with Crippen molar-refractivity contribution in [3.63, 3.8) is 0 Å². The van der Waals surface area contributed by atoms with Gasteiger partial charge in [-0.25, -0.2) is 4.98 Å². The minimum atomic E-state index is -4.73. The molecule has 2 aromatic rings. The van der Waals surface area contributed by atoms with E-state index in [1.54, 1.807) is 0 Å². The predicted molar refractivity (Wildman–Crippen MR) is 80.6 cm³/mol. The number of rotatable bonds is 4. The van der Waals surface area contributed by atoms with Crippen molar-refractivity contribution in [1.29, 1.82) is 0 Å². The molecule has 1 aliphatic rings. The summed E-state index contributed by atoms with van der Waals surface area (Å²) in [6, 6.07) is 4.07. The van der Waals surface area contributed by atoms with Crippen molar-refractivity contribution in [2.45, 2.75) is 31.7 Å². The van der Waals surface area contributed by atoms with Gasteiger partial charge in [-0.05, 0) is 31.5 Å². The fraction of sp³-hybridized carbons (Fsp3) is 0.429. The molecular formula is C14H14F3N3O2S. The SMILES string of the molecule is O=C(C[C@H]1CCCN1)Nc1nc2ccc(OC(F)(F)F)cc2s1. The highest BCUT2D eigenvalue weighted by Gasteiger charge is 2.31. The lowest BCUT2D eigenvalue weighted by Gasteiger charge is -2.08. The summed E-state index contributed by atoms with van der Waals surface area (Å²) < 4.78 is 41.0. The summed E-state index contributed by atoms with van der Waals surface area (Å²) in [6.45, 7) is 0.918. The monoisotopic (exact) mass is 345 g/mol. The second-order valence-electron chi connectivity index (χ2n) is 5.24. The van der Waals surface area contributed by atoms with Crippen LogP contribution in [0.3, 0.4) is 0 Å². The number of fused-ring (bicyclic) bond motifs is 1. The van der Waals surface area contributed by atoms with Crippen LogP contribution >= 0.6 is 11.3 Å². The van der Waals surface area contributed by atoms with E-state index in [1.807, 2.05) is 0 Å². The van der Waals surface area contributed by atoms with Gasteiger partial charge in [-0.1, -0.05) is 11.3 Å². The molecule has 1 aliphatic heterocycles. The first-order valence-corrected chi connectivity index (χ1v) is 7.90. The fourth-order valence-corrected chi connectivity index (χ4v) is 3.39. The molecule has 9 heteroatoms. The Bertz CT molecular complexity index is 711. The van der Waals surface area contributed by atoms with E-state index in [2.05, 4.69) is 20.4 Å². The molecular weight excluding hydrogens is 331 g/mol. The third kappa shape index (κ3) is 4.32. The van der Waals surface area contributed by atoms with E-state index in [0.717, 1.165) is 30.7 Å². The Morgan fingerprint density at radius 1 is 1.48 bits per heavy atom. The lowest BCUT2D eigenvalue weighted by molar-refractivity contribution is -0.274. The van der Waals surface area contributed by atoms with Gasteiger partial charge in [0.25, 0.3) is 0 Å². The second-order valence-corrected chi connectivity index (χ2v) is 6.27. The number of anilines is 1. The van der Waals surface area contributed by atoms with Crippen molar-refractivity contribution in [3.8, 4) is 5.75 Å². The maximum Gasteiger partial charge on any atom is 0.573 e. The van der Waals surface area contributed by atoms with Crippen molar-refractivity contribution in [2.75, 3.05) is 11.9 Å². The molecule has 0 aliphatic carbocycles. The van der Waals surface area contributed by atoms with Gasteiger partial charge in [-0.15, -0.1) is 13.2 Å². The van der Waals surface area contributed by atoms with E-state index in [-0.39, 0.29) is 17.7 Å². The van der Waals surface area contributed by atoms with Crippen molar-refractivity contribution in [2.24, 2.45) is 0 Å². The number of halogens is 3. The number of hydrogen-bond donors (Lipinski definition) is 2. The summed E-state index contributed by atoms with van der Waals surface area (Å²) in [4.78, 5) is 16.1. The lowest BCUT2D eigenvalue weighted by Crippen LogP contribution is -2.27. The number of aromatic nitrogens is 1. The van der Waals surface area contributed by atoms with Gasteiger partial charge >= 0.3 is 6.36 Å². The van der Waals surface area contributed by atoms with Crippen LogP contribution in [0, 0.1) is 0 Å². The van der Waals surface area contributed by atoms with Gasteiger partial charge in [0, 0.05) is 18.5 Å². The standard InChI is InChI=1S/C14H14F3N3O2S/c15-14(16,17)22-9-3-4-10-11(7-9)23-13(19-10)20-12(21)6-8-2-1-5-18-8/h3-4,7-8,18H,1-2,5-6H2,(H,19,20,21)/t8-/m1/s1. The maximum atomic E-state index is 12.2. The zero-order valence-corrected chi connectivity index (χ0v) is 12.8. The van der Waals surface area contributed by atoms with E-state index >= 15 is 0 Å². The third-order valence-corrected chi connectivity index (χ3v) is 4.37. The maximum absolute atomic E-state index is 12.2. The van der Waals surface area contributed by atoms with Crippen LogP contribution in [0.15, 0.2) is 18.2 Å². The Hall–Kier alpha value is -1.87. The summed E-state index contributed by atoms with van der Waals surface area (Å²) in [5.74, 6) is -0.461. The van der Waals surface area contributed by atoms with Crippen molar-refractivity contribution >= 4 is 32.6 Å². The molecule has 0 spiro atoms. The molecule has 124 valence electrons. The molecule has 1 amide bonds. The molecule has 23 heavy (non-hydrogen) atoms. The van der Waals surface area contributed by atoms with Gasteiger partial charge in [0.05, 0.1) is 10.2 Å². The van der Waals surface area contributed by atoms with E-state index in [0.29, 0.717) is 21.8 Å². The van der Waals surface area contributed by atoms with Crippen LogP contribution in [-0.4, -0.2) is 29.8 Å². The number of ether oxygens (including phenoxy) is 1. The fourth-order valence-electron chi connectivity index (χ4n) is 2.48. The first-order chi connectivity index (χ1) is 10.9. The number of nitrogens with one attached hydrogen (secondary N) is 2. The number of carbonyl (C=O) groups excluding carboxylic acids is 1. The van der Waals surface area contributed by atoms with Crippen molar-refractivity contribution in [3.05, 3.63) is 18.2 Å². The lowest BCUT2D eigenvalue weighted by atomic mass is 10.1. The molecule has 0 saturated carbocycles. The largest absolute Gasteiger partial charge is 0.573 e.